The van der Waals surface area contributed by atoms with Crippen LogP contribution in [0, 0.1) is 6.92 Å². The van der Waals surface area contributed by atoms with Crippen LogP contribution in [0.25, 0.3) is 0 Å². The first-order valence-corrected chi connectivity index (χ1v) is 12.2. The number of amides is 1. The van der Waals surface area contributed by atoms with E-state index in [1.807, 2.05) is 37.3 Å². The van der Waals surface area contributed by atoms with Gasteiger partial charge in [0.2, 0.25) is 0 Å². The first-order valence-electron chi connectivity index (χ1n) is 11.1. The number of carbonyl (C=O) groups excluding carboxylic acids is 1. The number of ether oxygens (including phenoxy) is 1. The van der Waals surface area contributed by atoms with Crippen molar-refractivity contribution in [2.75, 3.05) is 43.0 Å². The predicted molar refractivity (Wildman–Crippen MR) is 141 cm³/mol. The number of hydrogen-bond donors (Lipinski definition) is 1. The summed E-state index contributed by atoms with van der Waals surface area (Å²) in [4.78, 5) is 17.0. The van der Waals surface area contributed by atoms with Crippen LogP contribution in [0.2, 0.25) is 15.1 Å². The number of piperazine rings is 1. The van der Waals surface area contributed by atoms with Crippen LogP contribution in [-0.4, -0.2) is 43.6 Å². The number of hydrogen-bond acceptors (Lipinski definition) is 4. The SMILES string of the molecule is Cc1cc(Cl)ccc1OCC(=O)Nc1ccc(N2CCN(Cc3ccccc3Cl)CC2)c(Cl)c1. The fraction of sp³-hybridized carbons (Fsp3) is 0.269. The van der Waals surface area contributed by atoms with E-state index in [-0.39, 0.29) is 12.5 Å². The Morgan fingerprint density at radius 3 is 2.41 bits per heavy atom. The second-order valence-corrected chi connectivity index (χ2v) is 9.52. The number of benzene rings is 3. The number of rotatable bonds is 7. The van der Waals surface area contributed by atoms with Crippen LogP contribution < -0.4 is 15.0 Å². The summed E-state index contributed by atoms with van der Waals surface area (Å²) < 4.78 is 5.61. The van der Waals surface area contributed by atoms with Crippen LogP contribution in [0.15, 0.2) is 60.7 Å². The van der Waals surface area contributed by atoms with E-state index in [0.717, 1.165) is 54.6 Å². The third-order valence-electron chi connectivity index (χ3n) is 5.79. The molecule has 178 valence electrons. The molecular formula is C26H26Cl3N3O2. The molecule has 0 spiro atoms. The minimum absolute atomic E-state index is 0.102. The summed E-state index contributed by atoms with van der Waals surface area (Å²) in [6.45, 7) is 6.19. The third-order valence-corrected chi connectivity index (χ3v) is 6.70. The maximum Gasteiger partial charge on any atom is 0.262 e. The summed E-state index contributed by atoms with van der Waals surface area (Å²) >= 11 is 18.8. The third kappa shape index (κ3) is 6.36. The molecule has 1 N–H and O–H groups in total. The summed E-state index contributed by atoms with van der Waals surface area (Å²) in [6.07, 6.45) is 0. The number of halogens is 3. The summed E-state index contributed by atoms with van der Waals surface area (Å²) in [5, 5.41) is 4.88. The number of aryl methyl sites for hydroxylation is 1. The van der Waals surface area contributed by atoms with Gasteiger partial charge in [0.05, 0.1) is 10.7 Å². The Morgan fingerprint density at radius 2 is 1.71 bits per heavy atom. The van der Waals surface area contributed by atoms with Gasteiger partial charge in [-0.2, -0.15) is 0 Å². The van der Waals surface area contributed by atoms with Crippen molar-refractivity contribution >= 4 is 52.1 Å². The average Bonchev–Trinajstić information content (AvgIpc) is 2.81. The second kappa shape index (κ2) is 11.3. The van der Waals surface area contributed by atoms with Crippen molar-refractivity contribution in [2.24, 2.45) is 0 Å². The predicted octanol–water partition coefficient (Wildman–Crippen LogP) is 6.29. The minimum Gasteiger partial charge on any atom is -0.483 e. The van der Waals surface area contributed by atoms with Gasteiger partial charge in [0.25, 0.3) is 5.91 Å². The van der Waals surface area contributed by atoms with Crippen LogP contribution in [0.3, 0.4) is 0 Å². The van der Waals surface area contributed by atoms with Crippen molar-refractivity contribution in [1.82, 2.24) is 4.90 Å². The van der Waals surface area contributed by atoms with Crippen LogP contribution in [0.5, 0.6) is 5.75 Å². The fourth-order valence-electron chi connectivity index (χ4n) is 3.97. The first kappa shape index (κ1) is 24.7. The molecule has 0 aromatic heterocycles. The molecular weight excluding hydrogens is 493 g/mol. The van der Waals surface area contributed by atoms with Gasteiger partial charge in [0.1, 0.15) is 5.75 Å². The lowest BCUT2D eigenvalue weighted by atomic mass is 10.2. The number of anilines is 2. The number of nitrogens with zero attached hydrogens (tertiary/aromatic N) is 2. The molecule has 8 heteroatoms. The largest absolute Gasteiger partial charge is 0.483 e. The molecule has 0 unspecified atom stereocenters. The van der Waals surface area contributed by atoms with Crippen LogP contribution >= 0.6 is 34.8 Å². The van der Waals surface area contributed by atoms with Gasteiger partial charge in [-0.1, -0.05) is 53.0 Å². The Morgan fingerprint density at radius 1 is 0.941 bits per heavy atom. The lowest BCUT2D eigenvalue weighted by Crippen LogP contribution is -2.46. The Labute approximate surface area is 215 Å². The number of nitrogens with one attached hydrogen (secondary N) is 1. The van der Waals surface area contributed by atoms with Gasteiger partial charge in [-0.25, -0.2) is 0 Å². The Hall–Kier alpha value is -2.44. The molecule has 3 aromatic carbocycles. The van der Waals surface area contributed by atoms with Gasteiger partial charge in [-0.05, 0) is 60.5 Å². The Kier molecular flexibility index (Phi) is 8.22. The molecule has 1 heterocycles. The topological polar surface area (TPSA) is 44.8 Å². The maximum atomic E-state index is 12.3. The molecule has 1 saturated heterocycles. The molecule has 0 saturated carbocycles. The van der Waals surface area contributed by atoms with Gasteiger partial charge >= 0.3 is 0 Å². The molecule has 0 atom stereocenters. The molecule has 0 bridgehead atoms. The normalized spacial score (nSPS) is 14.2. The van der Waals surface area contributed by atoms with Gasteiger partial charge in [-0.3, -0.25) is 9.69 Å². The average molecular weight is 519 g/mol. The van der Waals surface area contributed by atoms with E-state index in [0.29, 0.717) is 21.5 Å². The molecule has 0 radical (unpaired) electrons. The summed E-state index contributed by atoms with van der Waals surface area (Å²) in [5.41, 5.74) is 3.61. The van der Waals surface area contributed by atoms with E-state index in [1.165, 1.54) is 0 Å². The second-order valence-electron chi connectivity index (χ2n) is 8.27. The number of carbonyl (C=O) groups is 1. The first-order chi connectivity index (χ1) is 16.4. The lowest BCUT2D eigenvalue weighted by Gasteiger charge is -2.36. The zero-order valence-corrected chi connectivity index (χ0v) is 21.1. The highest BCUT2D eigenvalue weighted by Gasteiger charge is 2.20. The van der Waals surface area contributed by atoms with E-state index in [2.05, 4.69) is 21.2 Å². The van der Waals surface area contributed by atoms with Crippen molar-refractivity contribution in [3.05, 3.63) is 86.9 Å². The van der Waals surface area contributed by atoms with Gasteiger partial charge in [-0.15, -0.1) is 0 Å². The Balaban J connectivity index is 1.29. The van der Waals surface area contributed by atoms with Crippen LogP contribution in [0.1, 0.15) is 11.1 Å². The van der Waals surface area contributed by atoms with E-state index in [1.54, 1.807) is 24.3 Å². The van der Waals surface area contributed by atoms with E-state index in [4.69, 9.17) is 39.5 Å². The van der Waals surface area contributed by atoms with E-state index < -0.39 is 0 Å². The van der Waals surface area contributed by atoms with E-state index in [9.17, 15) is 4.79 Å². The maximum absolute atomic E-state index is 12.3. The molecule has 1 amide bonds. The van der Waals surface area contributed by atoms with Crippen LogP contribution in [-0.2, 0) is 11.3 Å². The van der Waals surface area contributed by atoms with Crippen molar-refractivity contribution in [1.29, 1.82) is 0 Å². The van der Waals surface area contributed by atoms with Gasteiger partial charge < -0.3 is 15.0 Å². The zero-order chi connectivity index (χ0) is 24.1. The quantitative estimate of drug-likeness (QED) is 0.399. The molecule has 34 heavy (non-hydrogen) atoms. The molecule has 5 nitrogen and oxygen atoms in total. The van der Waals surface area contributed by atoms with Crippen molar-refractivity contribution in [3.63, 3.8) is 0 Å². The standard InChI is InChI=1S/C26H26Cl3N3O2/c1-18-14-20(27)6-9-25(18)34-17-26(33)30-21-7-8-24(23(29)15-21)32-12-10-31(11-13-32)16-19-4-2-3-5-22(19)28/h2-9,14-15H,10-13,16-17H2,1H3,(H,30,33). The highest BCUT2D eigenvalue weighted by molar-refractivity contribution is 6.33. The molecule has 1 fully saturated rings. The lowest BCUT2D eigenvalue weighted by molar-refractivity contribution is -0.118. The zero-order valence-electron chi connectivity index (χ0n) is 18.9. The van der Waals surface area contributed by atoms with Crippen LogP contribution in [0.4, 0.5) is 11.4 Å². The van der Waals surface area contributed by atoms with Crippen molar-refractivity contribution < 1.29 is 9.53 Å². The fourth-order valence-corrected chi connectivity index (χ4v) is 4.69. The van der Waals surface area contributed by atoms with Crippen molar-refractivity contribution in [3.8, 4) is 5.75 Å². The molecule has 1 aliphatic heterocycles. The molecule has 1 aliphatic rings. The van der Waals surface area contributed by atoms with Gasteiger partial charge in [0.15, 0.2) is 6.61 Å². The Bertz CT molecular complexity index is 1160. The monoisotopic (exact) mass is 517 g/mol. The smallest absolute Gasteiger partial charge is 0.262 e. The summed E-state index contributed by atoms with van der Waals surface area (Å²) in [5.74, 6) is 0.368. The van der Waals surface area contributed by atoms with E-state index >= 15 is 0 Å². The summed E-state index contributed by atoms with van der Waals surface area (Å²) in [7, 11) is 0. The molecule has 4 rings (SSSR count). The van der Waals surface area contributed by atoms with Crippen molar-refractivity contribution in [2.45, 2.75) is 13.5 Å². The highest BCUT2D eigenvalue weighted by atomic mass is 35.5. The molecule has 3 aromatic rings. The highest BCUT2D eigenvalue weighted by Crippen LogP contribution is 2.30. The minimum atomic E-state index is -0.258. The molecule has 0 aliphatic carbocycles. The summed E-state index contributed by atoms with van der Waals surface area (Å²) in [6, 6.07) is 18.8. The van der Waals surface area contributed by atoms with Gasteiger partial charge in [0, 0.05) is 48.5 Å².